The zero-order valence-corrected chi connectivity index (χ0v) is 20.0. The van der Waals surface area contributed by atoms with E-state index in [1.165, 1.54) is 5.56 Å². The van der Waals surface area contributed by atoms with Gasteiger partial charge in [0.15, 0.2) is 0 Å². The summed E-state index contributed by atoms with van der Waals surface area (Å²) in [6.45, 7) is 6.65. The smallest absolute Gasteiger partial charge is 0.255 e. The van der Waals surface area contributed by atoms with Crippen LogP contribution < -0.4 is 4.74 Å². The van der Waals surface area contributed by atoms with Gasteiger partial charge in [-0.2, -0.15) is 0 Å². The topological polar surface area (TPSA) is 42.4 Å². The average Bonchev–Trinajstić information content (AvgIpc) is 3.03. The maximum atomic E-state index is 13.3. The van der Waals surface area contributed by atoms with E-state index in [1.807, 2.05) is 66.5 Å². The van der Waals surface area contributed by atoms with Crippen molar-refractivity contribution < 1.29 is 9.53 Å². The molecule has 1 amide bonds. The SMILES string of the molecule is Cc1ccc(C2=C(c3ccc(OCc4ccc5ccccc5n4)cc3)C(=O)N(C)C2(C)C)cc1. The Morgan fingerprint density at radius 2 is 1.53 bits per heavy atom. The molecule has 34 heavy (non-hydrogen) atoms. The second kappa shape index (κ2) is 8.45. The molecule has 4 nitrogen and oxygen atoms in total. The van der Waals surface area contributed by atoms with Gasteiger partial charge in [0.2, 0.25) is 0 Å². The van der Waals surface area contributed by atoms with Crippen molar-refractivity contribution in [1.29, 1.82) is 0 Å². The Morgan fingerprint density at radius 3 is 2.26 bits per heavy atom. The van der Waals surface area contributed by atoms with Gasteiger partial charge in [0.05, 0.1) is 22.3 Å². The molecule has 0 radical (unpaired) electrons. The molecule has 0 aliphatic carbocycles. The molecule has 1 aliphatic rings. The number of pyridine rings is 1. The molecule has 3 aromatic carbocycles. The first-order chi connectivity index (χ1) is 16.3. The molecule has 0 saturated carbocycles. The van der Waals surface area contributed by atoms with Crippen LogP contribution in [0.4, 0.5) is 0 Å². The molecule has 0 atom stereocenters. The van der Waals surface area contributed by atoms with Crippen molar-refractivity contribution in [3.8, 4) is 5.75 Å². The molecule has 1 aliphatic heterocycles. The molecule has 2 heterocycles. The summed E-state index contributed by atoms with van der Waals surface area (Å²) >= 11 is 0. The Bertz CT molecular complexity index is 1400. The summed E-state index contributed by atoms with van der Waals surface area (Å²) < 4.78 is 6.00. The number of carbonyl (C=O) groups is 1. The van der Waals surface area contributed by atoms with E-state index in [4.69, 9.17) is 4.74 Å². The lowest BCUT2D eigenvalue weighted by Gasteiger charge is -2.31. The highest BCUT2D eigenvalue weighted by Gasteiger charge is 2.43. The molecule has 0 N–H and O–H groups in total. The number of rotatable bonds is 5. The van der Waals surface area contributed by atoms with E-state index in [0.717, 1.165) is 44.6 Å². The summed E-state index contributed by atoms with van der Waals surface area (Å²) in [5.74, 6) is 0.781. The van der Waals surface area contributed by atoms with Gasteiger partial charge in [0, 0.05) is 12.4 Å². The zero-order chi connectivity index (χ0) is 23.9. The van der Waals surface area contributed by atoms with E-state index >= 15 is 0 Å². The Morgan fingerprint density at radius 1 is 0.853 bits per heavy atom. The molecule has 170 valence electrons. The molecule has 0 saturated heterocycles. The molecule has 0 unspecified atom stereocenters. The van der Waals surface area contributed by atoms with E-state index in [-0.39, 0.29) is 5.91 Å². The van der Waals surface area contributed by atoms with Crippen LogP contribution in [0.1, 0.15) is 36.2 Å². The monoisotopic (exact) mass is 448 g/mol. The van der Waals surface area contributed by atoms with Crippen LogP contribution in [-0.2, 0) is 11.4 Å². The highest BCUT2D eigenvalue weighted by Crippen LogP contribution is 2.45. The maximum absolute atomic E-state index is 13.3. The highest BCUT2D eigenvalue weighted by molar-refractivity contribution is 6.31. The standard InChI is InChI=1S/C30H28N2O2/c1-20-9-11-23(12-10-20)28-27(29(33)32(4)30(28,2)3)22-14-17-25(18-15-22)34-19-24-16-13-21-7-5-6-8-26(21)31-24/h5-18H,19H2,1-4H3. The molecule has 1 aromatic heterocycles. The molecule has 0 bridgehead atoms. The number of amides is 1. The number of likely N-dealkylation sites (N-methyl/N-ethyl adjacent to an activating group) is 1. The first-order valence-corrected chi connectivity index (χ1v) is 11.5. The van der Waals surface area contributed by atoms with Gasteiger partial charge in [0.1, 0.15) is 12.4 Å². The quantitative estimate of drug-likeness (QED) is 0.361. The molecular weight excluding hydrogens is 420 g/mol. The minimum absolute atomic E-state index is 0.0367. The molecule has 4 aromatic rings. The summed E-state index contributed by atoms with van der Waals surface area (Å²) in [5.41, 5.74) is 6.40. The van der Waals surface area contributed by atoms with Gasteiger partial charge >= 0.3 is 0 Å². The summed E-state index contributed by atoms with van der Waals surface area (Å²) in [6, 6.07) is 28.3. The van der Waals surface area contributed by atoms with Crippen molar-refractivity contribution in [2.75, 3.05) is 7.05 Å². The van der Waals surface area contributed by atoms with Crippen LogP contribution in [0.25, 0.3) is 22.0 Å². The van der Waals surface area contributed by atoms with Crippen molar-refractivity contribution in [1.82, 2.24) is 9.88 Å². The molecule has 4 heteroatoms. The normalized spacial score (nSPS) is 15.3. The van der Waals surface area contributed by atoms with E-state index in [1.54, 1.807) is 0 Å². The highest BCUT2D eigenvalue weighted by atomic mass is 16.5. The van der Waals surface area contributed by atoms with Gasteiger partial charge in [0.25, 0.3) is 5.91 Å². The minimum atomic E-state index is -0.404. The van der Waals surface area contributed by atoms with Crippen molar-refractivity contribution in [3.05, 3.63) is 107 Å². The number of aryl methyl sites for hydroxylation is 1. The number of para-hydroxylation sites is 1. The Balaban J connectivity index is 1.43. The number of fused-ring (bicyclic) bond motifs is 1. The summed E-state index contributed by atoms with van der Waals surface area (Å²) in [5, 5.41) is 1.11. The zero-order valence-electron chi connectivity index (χ0n) is 20.0. The third-order valence-corrected chi connectivity index (χ3v) is 6.74. The first-order valence-electron chi connectivity index (χ1n) is 11.5. The van der Waals surface area contributed by atoms with Crippen LogP contribution in [0.3, 0.4) is 0 Å². The second-order valence-electron chi connectivity index (χ2n) is 9.35. The second-order valence-corrected chi connectivity index (χ2v) is 9.35. The Hall–Kier alpha value is -3.92. The van der Waals surface area contributed by atoms with Crippen LogP contribution in [0.2, 0.25) is 0 Å². The third-order valence-electron chi connectivity index (χ3n) is 6.74. The van der Waals surface area contributed by atoms with Gasteiger partial charge < -0.3 is 9.64 Å². The van der Waals surface area contributed by atoms with Gasteiger partial charge in [-0.3, -0.25) is 4.79 Å². The maximum Gasteiger partial charge on any atom is 0.255 e. The summed E-state index contributed by atoms with van der Waals surface area (Å²) in [7, 11) is 1.87. The van der Waals surface area contributed by atoms with E-state index in [2.05, 4.69) is 56.1 Å². The van der Waals surface area contributed by atoms with Gasteiger partial charge in [-0.15, -0.1) is 0 Å². The fourth-order valence-corrected chi connectivity index (χ4v) is 4.55. The van der Waals surface area contributed by atoms with Crippen molar-refractivity contribution in [2.45, 2.75) is 32.9 Å². The van der Waals surface area contributed by atoms with Crippen molar-refractivity contribution in [3.63, 3.8) is 0 Å². The van der Waals surface area contributed by atoms with Crippen LogP contribution in [-0.4, -0.2) is 28.4 Å². The summed E-state index contributed by atoms with van der Waals surface area (Å²) in [4.78, 5) is 19.8. The lowest BCUT2D eigenvalue weighted by molar-refractivity contribution is -0.125. The fraction of sp³-hybridized carbons (Fsp3) is 0.200. The Labute approximate surface area is 200 Å². The fourth-order valence-electron chi connectivity index (χ4n) is 4.55. The lowest BCUT2D eigenvalue weighted by Crippen LogP contribution is -2.39. The molecular formula is C30H28N2O2. The number of nitrogens with zero attached hydrogens (tertiary/aromatic N) is 2. The number of ether oxygens (including phenoxy) is 1. The van der Waals surface area contributed by atoms with Crippen LogP contribution in [0.15, 0.2) is 84.9 Å². The van der Waals surface area contributed by atoms with Crippen LogP contribution in [0, 0.1) is 6.92 Å². The number of benzene rings is 3. The van der Waals surface area contributed by atoms with Gasteiger partial charge in [-0.1, -0.05) is 66.2 Å². The van der Waals surface area contributed by atoms with Crippen molar-refractivity contribution >= 4 is 28.0 Å². The van der Waals surface area contributed by atoms with Gasteiger partial charge in [-0.05, 0) is 61.7 Å². The van der Waals surface area contributed by atoms with Crippen molar-refractivity contribution in [2.24, 2.45) is 0 Å². The predicted molar refractivity (Wildman–Crippen MR) is 137 cm³/mol. The summed E-state index contributed by atoms with van der Waals surface area (Å²) in [6.07, 6.45) is 0. The van der Waals surface area contributed by atoms with E-state index < -0.39 is 5.54 Å². The molecule has 0 spiro atoms. The predicted octanol–water partition coefficient (Wildman–Crippen LogP) is 6.28. The third kappa shape index (κ3) is 3.86. The number of aromatic nitrogens is 1. The number of carbonyl (C=O) groups excluding carboxylic acids is 1. The first kappa shape index (κ1) is 21.9. The average molecular weight is 449 g/mol. The largest absolute Gasteiger partial charge is 0.487 e. The van der Waals surface area contributed by atoms with Gasteiger partial charge in [-0.25, -0.2) is 4.98 Å². The molecule has 5 rings (SSSR count). The Kier molecular flexibility index (Phi) is 5.45. The lowest BCUT2D eigenvalue weighted by atomic mass is 9.85. The molecule has 0 fully saturated rings. The number of hydrogen-bond donors (Lipinski definition) is 0. The minimum Gasteiger partial charge on any atom is -0.487 e. The van der Waals surface area contributed by atoms with Crippen LogP contribution in [0.5, 0.6) is 5.75 Å². The van der Waals surface area contributed by atoms with E-state index in [9.17, 15) is 4.79 Å². The van der Waals surface area contributed by atoms with E-state index in [0.29, 0.717) is 6.61 Å². The number of hydrogen-bond acceptors (Lipinski definition) is 3. The van der Waals surface area contributed by atoms with Crippen LogP contribution >= 0.6 is 0 Å².